The molecule has 0 amide bonds. The molecule has 0 saturated carbocycles. The molecule has 4 aromatic rings. The molecule has 0 spiro atoms. The molecule has 0 bridgehead atoms. The van der Waals surface area contributed by atoms with E-state index in [2.05, 4.69) is 62.7 Å². The lowest BCUT2D eigenvalue weighted by Gasteiger charge is -2.08. The van der Waals surface area contributed by atoms with Crippen LogP contribution in [0.1, 0.15) is 5.56 Å². The minimum absolute atomic E-state index is 0.671. The molecule has 5 heteroatoms. The van der Waals surface area contributed by atoms with Crippen LogP contribution in [0.5, 0.6) is 0 Å². The molecule has 0 saturated heterocycles. The quantitative estimate of drug-likeness (QED) is 0.360. The highest BCUT2D eigenvalue weighted by molar-refractivity contribution is 7.98. The van der Waals surface area contributed by atoms with Crippen molar-refractivity contribution in [3.63, 3.8) is 0 Å². The maximum absolute atomic E-state index is 4.45. The van der Waals surface area contributed by atoms with Crippen molar-refractivity contribution in [3.05, 3.63) is 85.1 Å². The van der Waals surface area contributed by atoms with Crippen LogP contribution in [-0.2, 0) is 12.3 Å². The normalized spacial score (nSPS) is 10.9. The number of aromatic nitrogens is 4. The van der Waals surface area contributed by atoms with Crippen LogP contribution in [0.25, 0.3) is 22.3 Å². The highest BCUT2D eigenvalue weighted by Gasteiger charge is 2.14. The van der Waals surface area contributed by atoms with E-state index in [0.717, 1.165) is 33.2 Å². The standard InChI is InChI=1S/C21H18N4S/c1-2-13-25-20(18-10-11-19-17(14-18)9-6-12-22-19)23-24-21(25)26-15-16-7-4-3-5-8-16/h2-12,14H,1,13,15H2. The summed E-state index contributed by atoms with van der Waals surface area (Å²) in [6.45, 7) is 4.56. The van der Waals surface area contributed by atoms with Gasteiger partial charge in [0.15, 0.2) is 11.0 Å². The molecule has 0 fully saturated rings. The van der Waals surface area contributed by atoms with E-state index in [1.54, 1.807) is 18.0 Å². The maximum atomic E-state index is 4.45. The van der Waals surface area contributed by atoms with Gasteiger partial charge in [0.1, 0.15) is 0 Å². The number of nitrogens with zero attached hydrogens (tertiary/aromatic N) is 4. The smallest absolute Gasteiger partial charge is 0.192 e. The summed E-state index contributed by atoms with van der Waals surface area (Å²) in [6.07, 6.45) is 3.68. The molecule has 0 atom stereocenters. The molecule has 0 aliphatic heterocycles. The lowest BCUT2D eigenvalue weighted by molar-refractivity contribution is 0.731. The predicted octanol–water partition coefficient (Wildman–Crippen LogP) is 4.97. The van der Waals surface area contributed by atoms with E-state index < -0.39 is 0 Å². The largest absolute Gasteiger partial charge is 0.298 e. The zero-order valence-electron chi connectivity index (χ0n) is 14.2. The molecule has 2 aromatic carbocycles. The molecule has 0 N–H and O–H groups in total. The molecular weight excluding hydrogens is 340 g/mol. The molecule has 26 heavy (non-hydrogen) atoms. The predicted molar refractivity (Wildman–Crippen MR) is 107 cm³/mol. The molecule has 0 aliphatic carbocycles. The molecule has 128 valence electrons. The second kappa shape index (κ2) is 7.54. The van der Waals surface area contributed by atoms with Gasteiger partial charge in [0.05, 0.1) is 5.52 Å². The SMILES string of the molecule is C=CCn1c(SCc2ccccc2)nnc1-c1ccc2ncccc2c1. The van der Waals surface area contributed by atoms with Gasteiger partial charge in [0.25, 0.3) is 0 Å². The molecular formula is C21H18N4S. The van der Waals surface area contributed by atoms with Gasteiger partial charge in [-0.15, -0.1) is 16.8 Å². The second-order valence-corrected chi connectivity index (χ2v) is 6.83. The molecule has 4 rings (SSSR count). The van der Waals surface area contributed by atoms with Crippen LogP contribution in [0.2, 0.25) is 0 Å². The third-order valence-electron chi connectivity index (χ3n) is 4.10. The van der Waals surface area contributed by atoms with E-state index in [0.29, 0.717) is 6.54 Å². The first kappa shape index (κ1) is 16.5. The Morgan fingerprint density at radius 3 is 2.73 bits per heavy atom. The van der Waals surface area contributed by atoms with Crippen LogP contribution in [0.4, 0.5) is 0 Å². The van der Waals surface area contributed by atoms with Crippen molar-refractivity contribution in [1.82, 2.24) is 19.7 Å². The highest BCUT2D eigenvalue weighted by atomic mass is 32.2. The summed E-state index contributed by atoms with van der Waals surface area (Å²) in [7, 11) is 0. The van der Waals surface area contributed by atoms with Crippen molar-refractivity contribution in [3.8, 4) is 11.4 Å². The first-order valence-corrected chi connectivity index (χ1v) is 9.39. The molecule has 0 unspecified atom stereocenters. The topological polar surface area (TPSA) is 43.6 Å². The van der Waals surface area contributed by atoms with E-state index in [1.165, 1.54) is 5.56 Å². The summed E-state index contributed by atoms with van der Waals surface area (Å²) in [5.41, 5.74) is 3.28. The maximum Gasteiger partial charge on any atom is 0.192 e. The summed E-state index contributed by atoms with van der Waals surface area (Å²) < 4.78 is 2.11. The fourth-order valence-corrected chi connectivity index (χ4v) is 3.74. The minimum atomic E-state index is 0.671. The van der Waals surface area contributed by atoms with E-state index in [1.807, 2.05) is 30.3 Å². The number of allylic oxidation sites excluding steroid dienone is 1. The third kappa shape index (κ3) is 3.39. The van der Waals surface area contributed by atoms with Gasteiger partial charge in [0.2, 0.25) is 0 Å². The summed E-state index contributed by atoms with van der Waals surface area (Å²) in [6, 6.07) is 20.6. The molecule has 2 heterocycles. The fourth-order valence-electron chi connectivity index (χ4n) is 2.84. The summed E-state index contributed by atoms with van der Waals surface area (Å²) >= 11 is 1.69. The Morgan fingerprint density at radius 1 is 1.00 bits per heavy atom. The zero-order valence-corrected chi connectivity index (χ0v) is 15.1. The highest BCUT2D eigenvalue weighted by Crippen LogP contribution is 2.28. The molecule has 2 aromatic heterocycles. The van der Waals surface area contributed by atoms with Crippen LogP contribution in [-0.4, -0.2) is 19.7 Å². The second-order valence-electron chi connectivity index (χ2n) is 5.89. The van der Waals surface area contributed by atoms with Gasteiger partial charge in [-0.05, 0) is 29.8 Å². The van der Waals surface area contributed by atoms with Crippen molar-refractivity contribution >= 4 is 22.7 Å². The van der Waals surface area contributed by atoms with Crippen LogP contribution >= 0.6 is 11.8 Å². The van der Waals surface area contributed by atoms with E-state index in [9.17, 15) is 0 Å². The average Bonchev–Trinajstić information content (AvgIpc) is 3.10. The van der Waals surface area contributed by atoms with Crippen LogP contribution in [0, 0.1) is 0 Å². The van der Waals surface area contributed by atoms with E-state index in [-0.39, 0.29) is 0 Å². The first-order valence-electron chi connectivity index (χ1n) is 8.41. The number of hydrogen-bond acceptors (Lipinski definition) is 4. The van der Waals surface area contributed by atoms with Gasteiger partial charge in [-0.2, -0.15) is 0 Å². The van der Waals surface area contributed by atoms with Gasteiger partial charge in [-0.1, -0.05) is 54.2 Å². The van der Waals surface area contributed by atoms with E-state index in [4.69, 9.17) is 0 Å². The van der Waals surface area contributed by atoms with Crippen molar-refractivity contribution in [1.29, 1.82) is 0 Å². The minimum Gasteiger partial charge on any atom is -0.298 e. The van der Waals surface area contributed by atoms with Gasteiger partial charge in [-0.25, -0.2) is 0 Å². The number of benzene rings is 2. The summed E-state index contributed by atoms with van der Waals surface area (Å²) in [5.74, 6) is 1.71. The number of pyridine rings is 1. The third-order valence-corrected chi connectivity index (χ3v) is 5.14. The molecule has 0 radical (unpaired) electrons. The Hall–Kier alpha value is -2.92. The van der Waals surface area contributed by atoms with Gasteiger partial charge in [-0.3, -0.25) is 9.55 Å². The monoisotopic (exact) mass is 358 g/mol. The lowest BCUT2D eigenvalue weighted by atomic mass is 10.1. The number of fused-ring (bicyclic) bond motifs is 1. The fraction of sp³-hybridized carbons (Fsp3) is 0.0952. The summed E-state index contributed by atoms with van der Waals surface area (Å²) in [5, 5.41) is 10.9. The molecule has 0 aliphatic rings. The van der Waals surface area contributed by atoms with Gasteiger partial charge < -0.3 is 0 Å². The van der Waals surface area contributed by atoms with Crippen LogP contribution in [0.3, 0.4) is 0 Å². The van der Waals surface area contributed by atoms with E-state index >= 15 is 0 Å². The Kier molecular flexibility index (Phi) is 4.80. The van der Waals surface area contributed by atoms with Gasteiger partial charge in [0, 0.05) is 29.4 Å². The van der Waals surface area contributed by atoms with Crippen molar-refractivity contribution in [2.45, 2.75) is 17.5 Å². The Bertz CT molecular complexity index is 1040. The average molecular weight is 358 g/mol. The number of thioether (sulfide) groups is 1. The van der Waals surface area contributed by atoms with Crippen LogP contribution in [0.15, 0.2) is 84.7 Å². The van der Waals surface area contributed by atoms with Crippen LogP contribution < -0.4 is 0 Å². The number of hydrogen-bond donors (Lipinski definition) is 0. The lowest BCUT2D eigenvalue weighted by Crippen LogP contribution is -2.00. The van der Waals surface area contributed by atoms with Crippen molar-refractivity contribution < 1.29 is 0 Å². The van der Waals surface area contributed by atoms with Gasteiger partial charge >= 0.3 is 0 Å². The Balaban J connectivity index is 1.67. The van der Waals surface area contributed by atoms with Crippen molar-refractivity contribution in [2.24, 2.45) is 0 Å². The summed E-state index contributed by atoms with van der Waals surface area (Å²) in [4.78, 5) is 4.38. The first-order chi connectivity index (χ1) is 12.8. The molecule has 4 nitrogen and oxygen atoms in total. The zero-order chi connectivity index (χ0) is 17.8. The Labute approximate surface area is 156 Å². The Morgan fingerprint density at radius 2 is 1.88 bits per heavy atom. The van der Waals surface area contributed by atoms with Crippen molar-refractivity contribution in [2.75, 3.05) is 0 Å². The number of rotatable bonds is 6.